The molecule has 232 valence electrons. The molecule has 2 rings (SSSR count). The summed E-state index contributed by atoms with van der Waals surface area (Å²) in [6.07, 6.45) is -3.48. The van der Waals surface area contributed by atoms with E-state index in [1.165, 1.54) is 32.9 Å². The molecule has 0 heterocycles. The number of rotatable bonds is 5. The second-order valence-corrected chi connectivity index (χ2v) is 11.5. The van der Waals surface area contributed by atoms with Gasteiger partial charge in [-0.2, -0.15) is 0 Å². The van der Waals surface area contributed by atoms with Crippen LogP contribution in [0.25, 0.3) is 0 Å². The van der Waals surface area contributed by atoms with E-state index in [1.807, 2.05) is 0 Å². The van der Waals surface area contributed by atoms with Crippen LogP contribution in [-0.4, -0.2) is 71.4 Å². The number of allylic oxidation sites excluding steroid dienone is 2. The molecule has 0 unspecified atom stereocenters. The van der Waals surface area contributed by atoms with Crippen molar-refractivity contribution in [2.24, 2.45) is 23.2 Å². The monoisotopic (exact) mass is 592 g/mol. The van der Waals surface area contributed by atoms with Gasteiger partial charge in [-0.25, -0.2) is 0 Å². The highest BCUT2D eigenvalue weighted by atomic mass is 16.6. The molecule has 8 atom stereocenters. The maximum atomic E-state index is 14.3. The molecule has 0 spiro atoms. The van der Waals surface area contributed by atoms with E-state index in [0.29, 0.717) is 0 Å². The number of fused-ring (bicyclic) bond motifs is 1. The van der Waals surface area contributed by atoms with Gasteiger partial charge >= 0.3 is 29.8 Å². The molecule has 0 amide bonds. The Bertz CT molecular complexity index is 1200. The summed E-state index contributed by atoms with van der Waals surface area (Å²) in [5.41, 5.74) is -3.64. The first-order valence-electron chi connectivity index (χ1n) is 13.6. The molecule has 0 saturated heterocycles. The number of hydrogen-bond donors (Lipinski definition) is 0. The minimum atomic E-state index is -2.01. The maximum absolute atomic E-state index is 14.3. The van der Waals surface area contributed by atoms with Gasteiger partial charge in [0.05, 0.1) is 5.92 Å². The summed E-state index contributed by atoms with van der Waals surface area (Å²) >= 11 is 0. The first-order chi connectivity index (χ1) is 19.2. The highest BCUT2D eigenvalue weighted by Gasteiger charge is 2.65. The average molecular weight is 593 g/mol. The van der Waals surface area contributed by atoms with E-state index in [-0.39, 0.29) is 12.0 Å². The van der Waals surface area contributed by atoms with Gasteiger partial charge < -0.3 is 23.7 Å². The standard InChI is InChI=1S/C30H40O12/c1-14-11-12-29(9,10)28(37)26(41-20(7)34)25(40-19(6)33)16(3)24(39-18(5)32)22-23(38-17(4)31)15(2)13-30(22,27(14)36)42-21(8)35/h11-12,14-15,22-26H,3,13H2,1-2,4-10H3/b12-11+/t14-,15+,22-,23+,24+,25-,26-,30+/m0/s1. The van der Waals surface area contributed by atoms with Crippen molar-refractivity contribution < 1.29 is 57.2 Å². The van der Waals surface area contributed by atoms with Crippen molar-refractivity contribution in [2.45, 2.75) is 98.8 Å². The lowest BCUT2D eigenvalue weighted by molar-refractivity contribution is -0.187. The largest absolute Gasteiger partial charge is 0.462 e. The lowest BCUT2D eigenvalue weighted by Crippen LogP contribution is -2.58. The summed E-state index contributed by atoms with van der Waals surface area (Å²) in [4.78, 5) is 90.0. The Morgan fingerprint density at radius 1 is 0.738 bits per heavy atom. The van der Waals surface area contributed by atoms with E-state index in [4.69, 9.17) is 23.7 Å². The third-order valence-electron chi connectivity index (χ3n) is 7.44. The van der Waals surface area contributed by atoms with Gasteiger partial charge in [-0.15, -0.1) is 0 Å². The topological polar surface area (TPSA) is 166 Å². The fourth-order valence-corrected chi connectivity index (χ4v) is 5.80. The third-order valence-corrected chi connectivity index (χ3v) is 7.44. The number of esters is 5. The van der Waals surface area contributed by atoms with Crippen molar-refractivity contribution in [1.82, 2.24) is 0 Å². The second-order valence-electron chi connectivity index (χ2n) is 11.5. The quantitative estimate of drug-likeness (QED) is 0.261. The number of carbonyl (C=O) groups excluding carboxylic acids is 7. The Morgan fingerprint density at radius 3 is 1.69 bits per heavy atom. The molecule has 0 aromatic rings. The van der Waals surface area contributed by atoms with E-state index in [0.717, 1.165) is 34.6 Å². The zero-order valence-electron chi connectivity index (χ0n) is 25.5. The predicted octanol–water partition coefficient (Wildman–Crippen LogP) is 2.60. The zero-order chi connectivity index (χ0) is 32.3. The Kier molecular flexibility index (Phi) is 10.6. The van der Waals surface area contributed by atoms with Crippen molar-refractivity contribution in [1.29, 1.82) is 0 Å². The van der Waals surface area contributed by atoms with Crippen LogP contribution in [-0.2, 0) is 57.2 Å². The van der Waals surface area contributed by atoms with E-state index in [2.05, 4.69) is 6.58 Å². The Morgan fingerprint density at radius 2 is 1.21 bits per heavy atom. The normalized spacial score (nSPS) is 33.6. The molecule has 0 aromatic heterocycles. The SMILES string of the molecule is C=C1[C@@H](OC(C)=O)[C@@H]2[C@H](OC(C)=O)[C@H](C)C[C@]2(OC(C)=O)C(=O)[C@@H](C)/C=C/C(C)(C)C(=O)[C@@H](OC(C)=O)[C@H]1OC(C)=O. The van der Waals surface area contributed by atoms with Crippen LogP contribution in [0.15, 0.2) is 24.3 Å². The molecule has 12 nitrogen and oxygen atoms in total. The van der Waals surface area contributed by atoms with Crippen LogP contribution in [0, 0.1) is 23.2 Å². The van der Waals surface area contributed by atoms with Crippen molar-refractivity contribution in [3.8, 4) is 0 Å². The van der Waals surface area contributed by atoms with Crippen LogP contribution in [0.5, 0.6) is 0 Å². The number of carbonyl (C=O) groups is 7. The van der Waals surface area contributed by atoms with E-state index in [9.17, 15) is 33.6 Å². The Balaban J connectivity index is 3.07. The molecular weight excluding hydrogens is 552 g/mol. The second kappa shape index (κ2) is 13.0. The van der Waals surface area contributed by atoms with Gasteiger partial charge in [0.2, 0.25) is 6.10 Å². The summed E-state index contributed by atoms with van der Waals surface area (Å²) in [6.45, 7) is 15.7. The van der Waals surface area contributed by atoms with Crippen LogP contribution in [0.3, 0.4) is 0 Å². The molecule has 1 saturated carbocycles. The lowest BCUT2D eigenvalue weighted by atomic mass is 9.72. The summed E-state index contributed by atoms with van der Waals surface area (Å²) < 4.78 is 28.0. The molecule has 0 aliphatic heterocycles. The number of hydrogen-bond acceptors (Lipinski definition) is 12. The van der Waals surface area contributed by atoms with Gasteiger partial charge in [0.15, 0.2) is 23.3 Å². The molecule has 0 radical (unpaired) electrons. The number of Topliss-reactive ketones (excluding diaryl/α,β-unsaturated/α-hetero) is 2. The zero-order valence-corrected chi connectivity index (χ0v) is 25.5. The van der Waals surface area contributed by atoms with Crippen LogP contribution in [0.1, 0.15) is 68.7 Å². The molecule has 1 fully saturated rings. The van der Waals surface area contributed by atoms with Gasteiger partial charge in [-0.3, -0.25) is 33.6 Å². The van der Waals surface area contributed by atoms with Crippen molar-refractivity contribution in [3.05, 3.63) is 24.3 Å². The smallest absolute Gasteiger partial charge is 0.303 e. The maximum Gasteiger partial charge on any atom is 0.303 e. The molecule has 42 heavy (non-hydrogen) atoms. The van der Waals surface area contributed by atoms with Gasteiger partial charge in [0, 0.05) is 57.9 Å². The average Bonchev–Trinajstić information content (AvgIpc) is 3.10. The van der Waals surface area contributed by atoms with E-state index >= 15 is 0 Å². The fourth-order valence-electron chi connectivity index (χ4n) is 5.80. The number of ketones is 2. The van der Waals surface area contributed by atoms with E-state index in [1.54, 1.807) is 6.92 Å². The van der Waals surface area contributed by atoms with Crippen molar-refractivity contribution in [2.75, 3.05) is 0 Å². The molecule has 0 N–H and O–H groups in total. The van der Waals surface area contributed by atoms with Gasteiger partial charge in [-0.05, 0) is 19.8 Å². The van der Waals surface area contributed by atoms with Gasteiger partial charge in [0.1, 0.15) is 12.2 Å². The molecule has 2 aliphatic carbocycles. The summed E-state index contributed by atoms with van der Waals surface area (Å²) in [5, 5.41) is 0. The summed E-state index contributed by atoms with van der Waals surface area (Å²) in [7, 11) is 0. The molecular formula is C30H40O12. The minimum absolute atomic E-state index is 0.120. The fraction of sp³-hybridized carbons (Fsp3) is 0.633. The Labute approximate surface area is 245 Å². The summed E-state index contributed by atoms with van der Waals surface area (Å²) in [5.74, 6) is -8.45. The van der Waals surface area contributed by atoms with Crippen molar-refractivity contribution in [3.63, 3.8) is 0 Å². The highest BCUT2D eigenvalue weighted by molar-refractivity contribution is 5.95. The molecule has 0 bridgehead atoms. The van der Waals surface area contributed by atoms with Gasteiger partial charge in [-0.1, -0.05) is 32.6 Å². The van der Waals surface area contributed by atoms with Crippen LogP contribution < -0.4 is 0 Å². The predicted molar refractivity (Wildman–Crippen MR) is 145 cm³/mol. The molecule has 12 heteroatoms. The van der Waals surface area contributed by atoms with Crippen LogP contribution in [0.2, 0.25) is 0 Å². The van der Waals surface area contributed by atoms with Crippen molar-refractivity contribution >= 4 is 41.4 Å². The molecule has 2 aliphatic rings. The minimum Gasteiger partial charge on any atom is -0.462 e. The van der Waals surface area contributed by atoms with Crippen LogP contribution >= 0.6 is 0 Å². The third kappa shape index (κ3) is 7.32. The summed E-state index contributed by atoms with van der Waals surface area (Å²) in [6, 6.07) is 0. The first-order valence-corrected chi connectivity index (χ1v) is 13.6. The van der Waals surface area contributed by atoms with Gasteiger partial charge in [0.25, 0.3) is 0 Å². The highest BCUT2D eigenvalue weighted by Crippen LogP contribution is 2.51. The first kappa shape index (κ1) is 34.4. The lowest BCUT2D eigenvalue weighted by Gasteiger charge is -2.42. The number of ether oxygens (including phenoxy) is 5. The Hall–Kier alpha value is -3.83. The van der Waals surface area contributed by atoms with E-state index < -0.39 is 94.6 Å². The van der Waals surface area contributed by atoms with Crippen LogP contribution in [0.4, 0.5) is 0 Å². The molecule has 0 aromatic carbocycles.